The van der Waals surface area contributed by atoms with Gasteiger partial charge in [0.1, 0.15) is 0 Å². The quantitative estimate of drug-likeness (QED) is 0.812. The third-order valence-corrected chi connectivity index (χ3v) is 2.84. The Kier molecular flexibility index (Phi) is 3.68. The summed E-state index contributed by atoms with van der Waals surface area (Å²) in [5, 5.41) is 0.673. The Balaban J connectivity index is 2.22. The molecule has 0 atom stereocenters. The molecule has 17 heavy (non-hydrogen) atoms. The first kappa shape index (κ1) is 12.0. The summed E-state index contributed by atoms with van der Waals surface area (Å²) in [6, 6.07) is 5.08. The lowest BCUT2D eigenvalue weighted by Gasteiger charge is -2.06. The number of benzene rings is 1. The Bertz CT molecular complexity index is 516. The molecule has 0 saturated carbocycles. The van der Waals surface area contributed by atoms with Crippen LogP contribution < -0.4 is 4.74 Å². The van der Waals surface area contributed by atoms with Gasteiger partial charge in [-0.3, -0.25) is 0 Å². The van der Waals surface area contributed by atoms with E-state index in [1.54, 1.807) is 37.5 Å². The lowest BCUT2D eigenvalue weighted by Crippen LogP contribution is -1.95. The Morgan fingerprint density at radius 2 is 2.00 bits per heavy atom. The number of aromatic nitrogens is 2. The molecule has 0 N–H and O–H groups in total. The van der Waals surface area contributed by atoms with Crippen molar-refractivity contribution in [1.29, 1.82) is 0 Å². The maximum Gasteiger partial charge on any atom is 0.321 e. The molecule has 88 valence electrons. The van der Waals surface area contributed by atoms with Crippen LogP contribution in [0.25, 0.3) is 0 Å². The molecule has 1 aromatic carbocycles. The Morgan fingerprint density at radius 1 is 1.29 bits per heavy atom. The highest BCUT2D eigenvalue weighted by Crippen LogP contribution is 2.23. The highest BCUT2D eigenvalue weighted by atomic mass is 79.9. The highest BCUT2D eigenvalue weighted by Gasteiger charge is 2.08. The van der Waals surface area contributed by atoms with Gasteiger partial charge < -0.3 is 4.74 Å². The van der Waals surface area contributed by atoms with Gasteiger partial charge in [0.2, 0.25) is 0 Å². The van der Waals surface area contributed by atoms with Gasteiger partial charge in [0.15, 0.2) is 11.6 Å². The third kappa shape index (κ3) is 2.79. The standard InChI is InChI=1S/C12H10BrFN2O/c1-8-3-2-4-10(11(8)14)17-12-15-6-9(5-13)7-16-12/h2-4,6-7H,5H2,1H3. The maximum atomic E-state index is 13.6. The van der Waals surface area contributed by atoms with Gasteiger partial charge >= 0.3 is 6.01 Å². The minimum atomic E-state index is -0.388. The summed E-state index contributed by atoms with van der Waals surface area (Å²) in [4.78, 5) is 7.97. The molecule has 0 amide bonds. The van der Waals surface area contributed by atoms with E-state index in [4.69, 9.17) is 4.74 Å². The largest absolute Gasteiger partial charge is 0.421 e. The fourth-order valence-electron chi connectivity index (χ4n) is 1.26. The molecule has 1 aromatic heterocycles. The molecule has 2 rings (SSSR count). The summed E-state index contributed by atoms with van der Waals surface area (Å²) in [6.45, 7) is 1.68. The molecule has 1 heterocycles. The SMILES string of the molecule is Cc1cccc(Oc2ncc(CBr)cn2)c1F. The Labute approximate surface area is 107 Å². The van der Waals surface area contributed by atoms with Gasteiger partial charge in [-0.15, -0.1) is 0 Å². The normalized spacial score (nSPS) is 10.3. The molecular weight excluding hydrogens is 287 g/mol. The van der Waals surface area contributed by atoms with E-state index in [1.807, 2.05) is 0 Å². The van der Waals surface area contributed by atoms with Gasteiger partial charge in [-0.2, -0.15) is 0 Å². The van der Waals surface area contributed by atoms with Crippen LogP contribution in [0.3, 0.4) is 0 Å². The van der Waals surface area contributed by atoms with Crippen molar-refractivity contribution in [3.8, 4) is 11.8 Å². The van der Waals surface area contributed by atoms with Gasteiger partial charge in [0.25, 0.3) is 0 Å². The molecule has 0 spiro atoms. The fraction of sp³-hybridized carbons (Fsp3) is 0.167. The fourth-order valence-corrected chi connectivity index (χ4v) is 1.55. The van der Waals surface area contributed by atoms with Crippen molar-refractivity contribution in [3.63, 3.8) is 0 Å². The third-order valence-electron chi connectivity index (χ3n) is 2.19. The predicted molar refractivity (Wildman–Crippen MR) is 65.9 cm³/mol. The summed E-state index contributed by atoms with van der Waals surface area (Å²) in [6.07, 6.45) is 3.26. The summed E-state index contributed by atoms with van der Waals surface area (Å²) in [7, 11) is 0. The number of hydrogen-bond donors (Lipinski definition) is 0. The van der Waals surface area contributed by atoms with Crippen molar-refractivity contribution in [2.75, 3.05) is 0 Å². The van der Waals surface area contributed by atoms with Crippen LogP contribution in [0.1, 0.15) is 11.1 Å². The van der Waals surface area contributed by atoms with E-state index in [0.29, 0.717) is 10.9 Å². The first-order valence-electron chi connectivity index (χ1n) is 5.00. The zero-order valence-electron chi connectivity index (χ0n) is 9.15. The van der Waals surface area contributed by atoms with Crippen molar-refractivity contribution in [1.82, 2.24) is 9.97 Å². The van der Waals surface area contributed by atoms with Crippen molar-refractivity contribution in [2.24, 2.45) is 0 Å². The van der Waals surface area contributed by atoms with Gasteiger partial charge in [-0.25, -0.2) is 14.4 Å². The summed E-state index contributed by atoms with van der Waals surface area (Å²) < 4.78 is 18.9. The first-order chi connectivity index (χ1) is 8.20. The van der Waals surface area contributed by atoms with E-state index in [0.717, 1.165) is 5.56 Å². The molecule has 0 aliphatic rings. The average molecular weight is 297 g/mol. The zero-order valence-corrected chi connectivity index (χ0v) is 10.7. The van der Waals surface area contributed by atoms with E-state index in [1.165, 1.54) is 0 Å². The molecular formula is C12H10BrFN2O. The van der Waals surface area contributed by atoms with Gasteiger partial charge in [-0.05, 0) is 24.1 Å². The van der Waals surface area contributed by atoms with Gasteiger partial charge in [-0.1, -0.05) is 28.1 Å². The smallest absolute Gasteiger partial charge is 0.321 e. The predicted octanol–water partition coefficient (Wildman–Crippen LogP) is 3.61. The van der Waals surface area contributed by atoms with Crippen LogP contribution in [0.4, 0.5) is 4.39 Å². The topological polar surface area (TPSA) is 35.0 Å². The number of rotatable bonds is 3. The lowest BCUT2D eigenvalue weighted by molar-refractivity contribution is 0.409. The molecule has 5 heteroatoms. The first-order valence-corrected chi connectivity index (χ1v) is 6.12. The summed E-state index contributed by atoms with van der Waals surface area (Å²) in [5.74, 6) is -0.253. The Hall–Kier alpha value is -1.49. The second-order valence-electron chi connectivity index (χ2n) is 3.50. The number of aryl methyl sites for hydroxylation is 1. The van der Waals surface area contributed by atoms with E-state index >= 15 is 0 Å². The van der Waals surface area contributed by atoms with Crippen LogP contribution in [-0.2, 0) is 5.33 Å². The van der Waals surface area contributed by atoms with E-state index in [-0.39, 0.29) is 17.6 Å². The number of halogens is 2. The van der Waals surface area contributed by atoms with Crippen molar-refractivity contribution >= 4 is 15.9 Å². The number of ether oxygens (including phenoxy) is 1. The molecule has 2 aromatic rings. The number of nitrogens with zero attached hydrogens (tertiary/aromatic N) is 2. The zero-order chi connectivity index (χ0) is 12.3. The molecule has 0 aliphatic heterocycles. The minimum absolute atomic E-state index is 0.136. The average Bonchev–Trinajstić information content (AvgIpc) is 2.36. The van der Waals surface area contributed by atoms with Crippen LogP contribution in [0.2, 0.25) is 0 Å². The molecule has 3 nitrogen and oxygen atoms in total. The molecule has 0 fully saturated rings. The van der Waals surface area contributed by atoms with Gasteiger partial charge in [0.05, 0.1) is 0 Å². The molecule has 0 bridgehead atoms. The number of alkyl halides is 1. The monoisotopic (exact) mass is 296 g/mol. The lowest BCUT2D eigenvalue weighted by atomic mass is 10.2. The van der Waals surface area contributed by atoms with Crippen LogP contribution in [-0.4, -0.2) is 9.97 Å². The Morgan fingerprint density at radius 3 is 2.65 bits per heavy atom. The molecule has 0 saturated heterocycles. The van der Waals surface area contributed by atoms with E-state index in [2.05, 4.69) is 25.9 Å². The van der Waals surface area contributed by atoms with Gasteiger partial charge in [0, 0.05) is 17.7 Å². The van der Waals surface area contributed by atoms with Crippen LogP contribution in [0.15, 0.2) is 30.6 Å². The van der Waals surface area contributed by atoms with Crippen LogP contribution >= 0.6 is 15.9 Å². The maximum absolute atomic E-state index is 13.6. The minimum Gasteiger partial charge on any atom is -0.421 e. The summed E-state index contributed by atoms with van der Waals surface area (Å²) in [5.41, 5.74) is 1.46. The second kappa shape index (κ2) is 5.23. The number of hydrogen-bond acceptors (Lipinski definition) is 3. The van der Waals surface area contributed by atoms with E-state index in [9.17, 15) is 4.39 Å². The summed E-state index contributed by atoms with van der Waals surface area (Å²) >= 11 is 3.29. The van der Waals surface area contributed by atoms with E-state index < -0.39 is 0 Å². The van der Waals surface area contributed by atoms with Crippen molar-refractivity contribution in [3.05, 3.63) is 47.5 Å². The highest BCUT2D eigenvalue weighted by molar-refractivity contribution is 9.08. The van der Waals surface area contributed by atoms with Crippen molar-refractivity contribution in [2.45, 2.75) is 12.3 Å². The molecule has 0 radical (unpaired) electrons. The van der Waals surface area contributed by atoms with Crippen molar-refractivity contribution < 1.29 is 9.13 Å². The van der Waals surface area contributed by atoms with Crippen LogP contribution in [0, 0.1) is 12.7 Å². The second-order valence-corrected chi connectivity index (χ2v) is 4.06. The molecule has 0 aliphatic carbocycles. The van der Waals surface area contributed by atoms with Crippen LogP contribution in [0.5, 0.6) is 11.8 Å². The molecule has 0 unspecified atom stereocenters.